The first-order valence-electron chi connectivity index (χ1n) is 10.0. The van der Waals surface area contributed by atoms with E-state index in [0.29, 0.717) is 18.2 Å². The second-order valence-electron chi connectivity index (χ2n) is 8.12. The van der Waals surface area contributed by atoms with E-state index in [2.05, 4.69) is 15.1 Å². The maximum absolute atomic E-state index is 13.4. The lowest BCUT2D eigenvalue weighted by Gasteiger charge is -2.35. The molecule has 2 heterocycles. The molecule has 7 heteroatoms. The monoisotopic (exact) mass is 378 g/mol. The summed E-state index contributed by atoms with van der Waals surface area (Å²) in [5.41, 5.74) is 0.703. The fraction of sp³-hybridized carbons (Fsp3) is 0.650. The molecular formula is C20H28F2N4O. The molecule has 27 heavy (non-hydrogen) atoms. The van der Waals surface area contributed by atoms with Gasteiger partial charge in [0.1, 0.15) is 0 Å². The zero-order valence-electron chi connectivity index (χ0n) is 15.7. The van der Waals surface area contributed by atoms with Crippen LogP contribution in [0.4, 0.5) is 19.3 Å². The van der Waals surface area contributed by atoms with E-state index in [9.17, 15) is 13.6 Å². The first-order valence-corrected chi connectivity index (χ1v) is 10.0. The number of benzene rings is 1. The van der Waals surface area contributed by atoms with E-state index in [1.807, 2.05) is 4.90 Å². The summed E-state index contributed by atoms with van der Waals surface area (Å²) in [7, 11) is 0. The van der Waals surface area contributed by atoms with Gasteiger partial charge in [0.2, 0.25) is 0 Å². The van der Waals surface area contributed by atoms with Crippen LogP contribution in [0.2, 0.25) is 0 Å². The van der Waals surface area contributed by atoms with E-state index in [1.54, 1.807) is 6.07 Å². The van der Waals surface area contributed by atoms with Crippen LogP contribution in [0, 0.1) is 23.5 Å². The third kappa shape index (κ3) is 4.69. The fourth-order valence-electron chi connectivity index (χ4n) is 4.06. The zero-order valence-corrected chi connectivity index (χ0v) is 15.7. The van der Waals surface area contributed by atoms with Gasteiger partial charge in [-0.15, -0.1) is 0 Å². The minimum Gasteiger partial charge on any atom is -0.371 e. The van der Waals surface area contributed by atoms with Crippen molar-refractivity contribution in [1.29, 1.82) is 0 Å². The van der Waals surface area contributed by atoms with Crippen molar-refractivity contribution in [2.24, 2.45) is 11.8 Å². The molecule has 4 rings (SSSR count). The maximum atomic E-state index is 13.4. The Labute approximate surface area is 159 Å². The molecule has 5 nitrogen and oxygen atoms in total. The lowest BCUT2D eigenvalue weighted by Crippen LogP contribution is -2.52. The number of halogens is 2. The zero-order chi connectivity index (χ0) is 18.8. The standard InChI is InChI=1S/C20H28F2N4O/c21-18-4-3-17(11-19(18)22)26-6-5-16(14-26)12-23-20(27)25-9-7-24(8-10-25)13-15-1-2-15/h3-4,11,15-16H,1-2,5-10,12-14H2,(H,23,27). The van der Waals surface area contributed by atoms with Crippen LogP contribution in [0.3, 0.4) is 0 Å². The summed E-state index contributed by atoms with van der Waals surface area (Å²) in [6.45, 7) is 6.90. The Morgan fingerprint density at radius 3 is 2.48 bits per heavy atom. The van der Waals surface area contributed by atoms with Crippen LogP contribution in [-0.2, 0) is 0 Å². The number of nitrogens with one attached hydrogen (secondary N) is 1. The minimum absolute atomic E-state index is 0.0207. The van der Waals surface area contributed by atoms with Gasteiger partial charge in [-0.1, -0.05) is 0 Å². The Kier molecular flexibility index (Phi) is 5.48. The van der Waals surface area contributed by atoms with Gasteiger partial charge in [0.15, 0.2) is 11.6 Å². The van der Waals surface area contributed by atoms with Crippen LogP contribution in [-0.4, -0.2) is 68.2 Å². The number of nitrogens with zero attached hydrogens (tertiary/aromatic N) is 3. The molecule has 2 saturated heterocycles. The van der Waals surface area contributed by atoms with E-state index in [4.69, 9.17) is 0 Å². The van der Waals surface area contributed by atoms with Gasteiger partial charge in [-0.2, -0.15) is 0 Å². The topological polar surface area (TPSA) is 38.8 Å². The molecular weight excluding hydrogens is 350 g/mol. The van der Waals surface area contributed by atoms with Crippen molar-refractivity contribution in [1.82, 2.24) is 15.1 Å². The van der Waals surface area contributed by atoms with Gasteiger partial charge in [-0.25, -0.2) is 13.6 Å². The van der Waals surface area contributed by atoms with Crippen molar-refractivity contribution in [3.8, 4) is 0 Å². The Morgan fingerprint density at radius 1 is 1.00 bits per heavy atom. The van der Waals surface area contributed by atoms with Crippen molar-refractivity contribution < 1.29 is 13.6 Å². The van der Waals surface area contributed by atoms with E-state index in [-0.39, 0.29) is 6.03 Å². The van der Waals surface area contributed by atoms with Crippen LogP contribution in [0.1, 0.15) is 19.3 Å². The molecule has 0 spiro atoms. The van der Waals surface area contributed by atoms with Crippen LogP contribution < -0.4 is 10.2 Å². The highest BCUT2D eigenvalue weighted by molar-refractivity contribution is 5.74. The maximum Gasteiger partial charge on any atom is 0.317 e. The van der Waals surface area contributed by atoms with Gasteiger partial charge >= 0.3 is 6.03 Å². The van der Waals surface area contributed by atoms with E-state index >= 15 is 0 Å². The van der Waals surface area contributed by atoms with E-state index in [1.165, 1.54) is 31.5 Å². The Morgan fingerprint density at radius 2 is 1.78 bits per heavy atom. The fourth-order valence-corrected chi connectivity index (χ4v) is 4.06. The van der Waals surface area contributed by atoms with Crippen molar-refractivity contribution in [3.63, 3.8) is 0 Å². The van der Waals surface area contributed by atoms with Gasteiger partial charge in [-0.3, -0.25) is 4.90 Å². The molecule has 1 aromatic carbocycles. The van der Waals surface area contributed by atoms with Gasteiger partial charge < -0.3 is 15.1 Å². The van der Waals surface area contributed by atoms with Crippen molar-refractivity contribution in [2.75, 3.05) is 57.3 Å². The third-order valence-electron chi connectivity index (χ3n) is 5.97. The molecule has 148 valence electrons. The molecule has 2 aliphatic heterocycles. The average Bonchev–Trinajstić information content (AvgIpc) is 3.36. The summed E-state index contributed by atoms with van der Waals surface area (Å²) in [6, 6.07) is 4.05. The summed E-state index contributed by atoms with van der Waals surface area (Å²) in [6.07, 6.45) is 3.67. The minimum atomic E-state index is -0.820. The number of urea groups is 1. The van der Waals surface area contributed by atoms with E-state index in [0.717, 1.165) is 51.6 Å². The van der Waals surface area contributed by atoms with Gasteiger partial charge in [0.05, 0.1) is 0 Å². The predicted molar refractivity (Wildman–Crippen MR) is 101 cm³/mol. The molecule has 1 aliphatic carbocycles. The van der Waals surface area contributed by atoms with Gasteiger partial charge in [-0.05, 0) is 43.2 Å². The quantitative estimate of drug-likeness (QED) is 0.856. The summed E-state index contributed by atoms with van der Waals surface area (Å²) < 4.78 is 26.5. The lowest BCUT2D eigenvalue weighted by atomic mass is 10.1. The summed E-state index contributed by atoms with van der Waals surface area (Å²) in [4.78, 5) is 18.9. The molecule has 3 aliphatic rings. The summed E-state index contributed by atoms with van der Waals surface area (Å²) in [5, 5.41) is 3.06. The van der Waals surface area contributed by atoms with E-state index < -0.39 is 11.6 Å². The average molecular weight is 378 g/mol. The molecule has 3 fully saturated rings. The lowest BCUT2D eigenvalue weighted by molar-refractivity contribution is 0.135. The number of anilines is 1. The molecule has 0 bridgehead atoms. The molecule has 1 aromatic rings. The van der Waals surface area contributed by atoms with Crippen molar-refractivity contribution >= 4 is 11.7 Å². The molecule has 1 saturated carbocycles. The number of rotatable bonds is 5. The molecule has 1 unspecified atom stereocenters. The Balaban J connectivity index is 1.19. The first kappa shape index (κ1) is 18.5. The van der Waals surface area contributed by atoms with Crippen molar-refractivity contribution in [3.05, 3.63) is 29.8 Å². The normalized spacial score (nSPS) is 23.7. The highest BCUT2D eigenvalue weighted by Gasteiger charge is 2.28. The predicted octanol–water partition coefficient (Wildman–Crippen LogP) is 2.53. The summed E-state index contributed by atoms with van der Waals surface area (Å²) >= 11 is 0. The molecule has 1 N–H and O–H groups in total. The van der Waals surface area contributed by atoms with Crippen LogP contribution in [0.15, 0.2) is 18.2 Å². The molecule has 1 atom stereocenters. The Bertz CT molecular complexity index is 674. The third-order valence-corrected chi connectivity index (χ3v) is 5.97. The number of hydrogen-bond donors (Lipinski definition) is 1. The number of hydrogen-bond acceptors (Lipinski definition) is 3. The number of piperazine rings is 1. The summed E-state index contributed by atoms with van der Waals surface area (Å²) in [5.74, 6) is -0.410. The largest absolute Gasteiger partial charge is 0.371 e. The second kappa shape index (κ2) is 8.00. The second-order valence-corrected chi connectivity index (χ2v) is 8.12. The molecule has 2 amide bonds. The molecule has 0 aromatic heterocycles. The van der Waals surface area contributed by atoms with Gasteiger partial charge in [0.25, 0.3) is 0 Å². The van der Waals surface area contributed by atoms with Crippen molar-refractivity contribution in [2.45, 2.75) is 19.3 Å². The van der Waals surface area contributed by atoms with Crippen LogP contribution in [0.25, 0.3) is 0 Å². The highest BCUT2D eigenvalue weighted by Crippen LogP contribution is 2.30. The number of carbonyl (C=O) groups is 1. The Hall–Kier alpha value is -1.89. The van der Waals surface area contributed by atoms with Gasteiger partial charge in [0, 0.05) is 64.1 Å². The number of amides is 2. The molecule has 0 radical (unpaired) electrons. The van der Waals surface area contributed by atoms with Crippen LogP contribution in [0.5, 0.6) is 0 Å². The van der Waals surface area contributed by atoms with Crippen LogP contribution >= 0.6 is 0 Å². The first-order chi connectivity index (χ1) is 13.1. The number of carbonyl (C=O) groups excluding carboxylic acids is 1. The SMILES string of the molecule is O=C(NCC1CCN(c2ccc(F)c(F)c2)C1)N1CCN(CC2CC2)CC1. The smallest absolute Gasteiger partial charge is 0.317 e. The highest BCUT2D eigenvalue weighted by atomic mass is 19.2.